The molecule has 0 aliphatic carbocycles. The second kappa shape index (κ2) is 10.4. The van der Waals surface area contributed by atoms with Gasteiger partial charge in [0.05, 0.1) is 10.5 Å². The highest BCUT2D eigenvalue weighted by atomic mass is 16.6. The van der Waals surface area contributed by atoms with Crippen molar-refractivity contribution in [3.05, 3.63) is 86.0 Å². The van der Waals surface area contributed by atoms with Crippen molar-refractivity contribution in [3.8, 4) is 0 Å². The van der Waals surface area contributed by atoms with Crippen molar-refractivity contribution in [1.82, 2.24) is 0 Å². The lowest BCUT2D eigenvalue weighted by Gasteiger charge is -1.99. The molecule has 8 nitrogen and oxygen atoms in total. The SMILES string of the molecule is CCCC(=O)c1ccccc1[N+](=O)[O-].O=C(C[N+](=O)[O-])c1ccccc1. The quantitative estimate of drug-likeness (QED) is 0.422. The zero-order valence-electron chi connectivity index (χ0n) is 14.2. The Hall–Kier alpha value is -3.42. The van der Waals surface area contributed by atoms with Crippen molar-refractivity contribution in [2.45, 2.75) is 19.8 Å². The van der Waals surface area contributed by atoms with E-state index in [1.54, 1.807) is 42.5 Å². The molecule has 0 atom stereocenters. The van der Waals surface area contributed by atoms with Gasteiger partial charge in [-0.25, -0.2) is 0 Å². The summed E-state index contributed by atoms with van der Waals surface area (Å²) in [5, 5.41) is 20.6. The molecule has 8 heteroatoms. The minimum Gasteiger partial charge on any atom is -0.294 e. The molecule has 0 saturated heterocycles. The van der Waals surface area contributed by atoms with Gasteiger partial charge in [0, 0.05) is 23.0 Å². The number of ketones is 2. The first-order valence-electron chi connectivity index (χ1n) is 7.83. The number of carbonyl (C=O) groups is 2. The number of benzene rings is 2. The lowest BCUT2D eigenvalue weighted by molar-refractivity contribution is -0.465. The molecule has 2 aromatic rings. The number of hydrogen-bond donors (Lipinski definition) is 0. The Morgan fingerprint density at radius 3 is 2.00 bits per heavy atom. The Morgan fingerprint density at radius 1 is 0.885 bits per heavy atom. The molecule has 0 bridgehead atoms. The normalized spacial score (nSPS) is 9.58. The number of carbonyl (C=O) groups excluding carboxylic acids is 2. The molecule has 26 heavy (non-hydrogen) atoms. The van der Waals surface area contributed by atoms with E-state index in [4.69, 9.17) is 0 Å². The van der Waals surface area contributed by atoms with Gasteiger partial charge in [-0.3, -0.25) is 29.8 Å². The second-order valence-corrected chi connectivity index (χ2v) is 5.23. The van der Waals surface area contributed by atoms with Crippen molar-refractivity contribution in [3.63, 3.8) is 0 Å². The molecular formula is C18H18N2O6. The summed E-state index contributed by atoms with van der Waals surface area (Å²) in [5.74, 6) is -0.625. The number of nitrogens with zero attached hydrogens (tertiary/aromatic N) is 2. The lowest BCUT2D eigenvalue weighted by Crippen LogP contribution is -2.13. The third kappa shape index (κ3) is 6.60. The Labute approximate surface area is 149 Å². The van der Waals surface area contributed by atoms with Crippen LogP contribution in [0.1, 0.15) is 40.5 Å². The molecule has 0 saturated carbocycles. The van der Waals surface area contributed by atoms with Gasteiger partial charge in [0.1, 0.15) is 0 Å². The van der Waals surface area contributed by atoms with E-state index in [1.165, 1.54) is 12.1 Å². The predicted molar refractivity (Wildman–Crippen MR) is 95.0 cm³/mol. The zero-order chi connectivity index (χ0) is 19.5. The molecule has 0 radical (unpaired) electrons. The molecule has 0 aliphatic rings. The summed E-state index contributed by atoms with van der Waals surface area (Å²) in [7, 11) is 0. The van der Waals surface area contributed by atoms with Gasteiger partial charge in [-0.05, 0) is 12.5 Å². The van der Waals surface area contributed by atoms with E-state index in [9.17, 15) is 29.8 Å². The lowest BCUT2D eigenvalue weighted by atomic mass is 10.1. The van der Waals surface area contributed by atoms with E-state index < -0.39 is 22.2 Å². The summed E-state index contributed by atoms with van der Waals surface area (Å²) in [5.41, 5.74) is 0.486. The van der Waals surface area contributed by atoms with Gasteiger partial charge in [0.25, 0.3) is 12.2 Å². The number of Topliss-reactive ketones (excluding diaryl/α,β-unsaturated/α-hetero) is 2. The molecule has 136 valence electrons. The highest BCUT2D eigenvalue weighted by Gasteiger charge is 2.17. The Kier molecular flexibility index (Phi) is 8.29. The minimum atomic E-state index is -0.635. The van der Waals surface area contributed by atoms with Crippen LogP contribution in [-0.4, -0.2) is 28.0 Å². The smallest absolute Gasteiger partial charge is 0.280 e. The predicted octanol–water partition coefficient (Wildman–Crippen LogP) is 3.72. The Balaban J connectivity index is 0.000000263. The van der Waals surface area contributed by atoms with Crippen LogP contribution in [0.2, 0.25) is 0 Å². The van der Waals surface area contributed by atoms with Crippen LogP contribution >= 0.6 is 0 Å². The van der Waals surface area contributed by atoms with Crippen molar-refractivity contribution in [1.29, 1.82) is 0 Å². The first kappa shape index (κ1) is 20.6. The maximum Gasteiger partial charge on any atom is 0.280 e. The summed E-state index contributed by atoms with van der Waals surface area (Å²) in [4.78, 5) is 41.9. The molecule has 2 rings (SSSR count). The molecule has 2 aromatic carbocycles. The molecule has 0 fully saturated rings. The third-order valence-electron chi connectivity index (χ3n) is 3.25. The number of nitro groups is 2. The second-order valence-electron chi connectivity index (χ2n) is 5.23. The Bertz CT molecular complexity index is 789. The van der Waals surface area contributed by atoms with Crippen LogP contribution in [0.25, 0.3) is 0 Å². The topological polar surface area (TPSA) is 120 Å². The fraction of sp³-hybridized carbons (Fsp3) is 0.222. The third-order valence-corrected chi connectivity index (χ3v) is 3.25. The maximum absolute atomic E-state index is 11.5. The zero-order valence-corrected chi connectivity index (χ0v) is 14.2. The van der Waals surface area contributed by atoms with Crippen molar-refractivity contribution in [2.24, 2.45) is 0 Å². The number of para-hydroxylation sites is 1. The largest absolute Gasteiger partial charge is 0.294 e. The summed E-state index contributed by atoms with van der Waals surface area (Å²) in [6.45, 7) is 1.23. The van der Waals surface area contributed by atoms with Crippen LogP contribution in [0.15, 0.2) is 54.6 Å². The highest BCUT2D eigenvalue weighted by Crippen LogP contribution is 2.19. The number of hydrogen-bond acceptors (Lipinski definition) is 6. The van der Waals surface area contributed by atoms with Crippen LogP contribution in [0.3, 0.4) is 0 Å². The van der Waals surface area contributed by atoms with Gasteiger partial charge in [0.15, 0.2) is 5.78 Å². The maximum atomic E-state index is 11.5. The summed E-state index contributed by atoms with van der Waals surface area (Å²) >= 11 is 0. The van der Waals surface area contributed by atoms with Crippen LogP contribution in [0, 0.1) is 20.2 Å². The minimum absolute atomic E-state index is 0.106. The van der Waals surface area contributed by atoms with E-state index >= 15 is 0 Å². The van der Waals surface area contributed by atoms with E-state index in [0.29, 0.717) is 18.4 Å². The first-order valence-corrected chi connectivity index (χ1v) is 7.83. The van der Waals surface area contributed by atoms with Crippen LogP contribution in [0.4, 0.5) is 5.69 Å². The van der Waals surface area contributed by atoms with Crippen LogP contribution in [-0.2, 0) is 0 Å². The molecule has 0 amide bonds. The van der Waals surface area contributed by atoms with E-state index in [2.05, 4.69) is 0 Å². The van der Waals surface area contributed by atoms with Gasteiger partial charge < -0.3 is 0 Å². The molecule has 0 heterocycles. The molecular weight excluding hydrogens is 340 g/mol. The Morgan fingerprint density at radius 2 is 1.46 bits per heavy atom. The monoisotopic (exact) mass is 358 g/mol. The van der Waals surface area contributed by atoms with Crippen molar-refractivity contribution >= 4 is 17.3 Å². The number of nitro benzene ring substituents is 1. The van der Waals surface area contributed by atoms with Crippen molar-refractivity contribution in [2.75, 3.05) is 6.54 Å². The molecule has 0 aromatic heterocycles. The van der Waals surface area contributed by atoms with E-state index in [0.717, 1.165) is 0 Å². The summed E-state index contributed by atoms with van der Waals surface area (Å²) in [6.07, 6.45) is 1.05. The average Bonchev–Trinajstić information content (AvgIpc) is 2.62. The molecule has 0 unspecified atom stereocenters. The molecule has 0 aliphatic heterocycles. The van der Waals surface area contributed by atoms with Gasteiger partial charge >= 0.3 is 0 Å². The molecule has 0 spiro atoms. The molecule has 0 N–H and O–H groups in total. The van der Waals surface area contributed by atoms with Gasteiger partial charge in [-0.15, -0.1) is 0 Å². The average molecular weight is 358 g/mol. The first-order chi connectivity index (χ1) is 12.4. The summed E-state index contributed by atoms with van der Waals surface area (Å²) < 4.78 is 0. The van der Waals surface area contributed by atoms with Crippen LogP contribution < -0.4 is 0 Å². The number of rotatable bonds is 7. The van der Waals surface area contributed by atoms with Crippen molar-refractivity contribution < 1.29 is 19.4 Å². The standard InChI is InChI=1S/C10H11NO3.C8H7NO3/c1-2-5-10(12)8-6-3-4-7-9(8)11(13)14;10-8(6-9(11)12)7-4-2-1-3-5-7/h3-4,6-7H,2,5H2,1H3;1-5H,6H2. The van der Waals surface area contributed by atoms with Gasteiger partial charge in [-0.1, -0.05) is 49.4 Å². The van der Waals surface area contributed by atoms with Gasteiger partial charge in [0.2, 0.25) is 5.78 Å². The highest BCUT2D eigenvalue weighted by molar-refractivity contribution is 5.99. The fourth-order valence-electron chi connectivity index (χ4n) is 2.06. The van der Waals surface area contributed by atoms with E-state index in [1.807, 2.05) is 6.92 Å². The summed E-state index contributed by atoms with van der Waals surface area (Å²) in [6, 6.07) is 14.3. The van der Waals surface area contributed by atoms with Crippen LogP contribution in [0.5, 0.6) is 0 Å². The van der Waals surface area contributed by atoms with E-state index in [-0.39, 0.29) is 17.0 Å². The fourth-order valence-corrected chi connectivity index (χ4v) is 2.06. The van der Waals surface area contributed by atoms with Gasteiger partial charge in [-0.2, -0.15) is 0 Å².